The number of imide groups is 1. The lowest BCUT2D eigenvalue weighted by molar-refractivity contribution is -0.149. The predicted octanol–water partition coefficient (Wildman–Crippen LogP) is 2.78. The van der Waals surface area contributed by atoms with Gasteiger partial charge in [-0.05, 0) is 30.3 Å². The van der Waals surface area contributed by atoms with Crippen molar-refractivity contribution in [2.45, 2.75) is 16.2 Å². The number of fused-ring (bicyclic) bond motifs is 2. The molecule has 1 aromatic heterocycles. The fraction of sp³-hybridized carbons (Fsp3) is 0.208. The minimum atomic E-state index is -1.32. The molecule has 0 radical (unpaired) electrons. The molecule has 3 N–H and O–H groups in total. The largest absolute Gasteiger partial charge is 0.483 e. The van der Waals surface area contributed by atoms with Gasteiger partial charge < -0.3 is 20.1 Å². The molecule has 2 aliphatic heterocycles. The van der Waals surface area contributed by atoms with Crippen LogP contribution in [0.4, 0.5) is 5.69 Å². The second-order valence-corrected chi connectivity index (χ2v) is 10.9. The number of carbonyl (C=O) groups excluding carboxylic acids is 3. The number of halogens is 1. The minimum Gasteiger partial charge on any atom is -0.483 e. The summed E-state index contributed by atoms with van der Waals surface area (Å²) in [4.78, 5) is 66.0. The van der Waals surface area contributed by atoms with Crippen LogP contribution in [0.3, 0.4) is 0 Å². The van der Waals surface area contributed by atoms with E-state index in [0.717, 1.165) is 28.0 Å². The molecule has 3 amide bonds. The molecule has 13 heteroatoms. The Kier molecular flexibility index (Phi) is 6.80. The lowest BCUT2D eigenvalue weighted by atomic mass is 9.82. The van der Waals surface area contributed by atoms with Gasteiger partial charge in [-0.25, -0.2) is 0 Å². The Morgan fingerprint density at radius 1 is 1.11 bits per heavy atom. The summed E-state index contributed by atoms with van der Waals surface area (Å²) in [6.07, 6.45) is 0. The first-order chi connectivity index (χ1) is 17.7. The molecule has 1 fully saturated rings. The molecule has 2 aliphatic rings. The van der Waals surface area contributed by atoms with Gasteiger partial charge in [-0.15, -0.1) is 0 Å². The van der Waals surface area contributed by atoms with E-state index in [0.29, 0.717) is 26.2 Å². The summed E-state index contributed by atoms with van der Waals surface area (Å²) in [6.45, 7) is -1.12. The van der Waals surface area contributed by atoms with Gasteiger partial charge in [0.15, 0.2) is 6.61 Å². The molecule has 3 heterocycles. The van der Waals surface area contributed by atoms with Crippen LogP contribution in [0.5, 0.6) is 5.75 Å². The number of nitrogens with one attached hydrogen (secondary N) is 2. The van der Waals surface area contributed by atoms with Crippen LogP contribution < -0.4 is 14.9 Å². The maximum Gasteiger partial charge on any atom is 0.323 e. The maximum atomic E-state index is 13.4. The predicted molar refractivity (Wildman–Crippen MR) is 136 cm³/mol. The Hall–Kier alpha value is -3.61. The van der Waals surface area contributed by atoms with Crippen molar-refractivity contribution < 1.29 is 29.0 Å². The standard InChI is InChI=1S/C24H18ClN3O7S2/c25-11-6-7-14(35-10-15(29)26-12-4-2-1-3-5-12)13(8-11)17-18-20(36-21-19(17)37-24(34)27-21)23(33)28(22(18)32)9-16(30)31/h1-8,17-18,20H,9-10H2,(H,26,29)(H,27,34)(H,30,31)/t17-,18?,20?/m0/s1. The molecule has 2 aromatic carbocycles. The van der Waals surface area contributed by atoms with Gasteiger partial charge in [-0.1, -0.05) is 52.9 Å². The van der Waals surface area contributed by atoms with Crippen molar-refractivity contribution in [1.82, 2.24) is 9.88 Å². The van der Waals surface area contributed by atoms with E-state index in [-0.39, 0.29) is 17.2 Å². The van der Waals surface area contributed by atoms with Crippen LogP contribution in [0.1, 0.15) is 16.4 Å². The van der Waals surface area contributed by atoms with Crippen molar-refractivity contribution in [3.63, 3.8) is 0 Å². The first-order valence-electron chi connectivity index (χ1n) is 11.0. The summed E-state index contributed by atoms with van der Waals surface area (Å²) in [6, 6.07) is 13.5. The molecule has 0 saturated carbocycles. The number of anilines is 1. The average molecular weight is 560 g/mol. The summed E-state index contributed by atoms with van der Waals surface area (Å²) in [5, 5.41) is 11.7. The molecule has 0 bridgehead atoms. The zero-order valence-electron chi connectivity index (χ0n) is 18.8. The molecule has 3 atom stereocenters. The number of thiazole rings is 1. The van der Waals surface area contributed by atoms with E-state index >= 15 is 0 Å². The Morgan fingerprint density at radius 3 is 2.59 bits per heavy atom. The number of para-hydroxylation sites is 1. The number of aromatic amines is 1. The number of ether oxygens (including phenoxy) is 1. The Morgan fingerprint density at radius 2 is 1.86 bits per heavy atom. The van der Waals surface area contributed by atoms with Crippen LogP contribution >= 0.6 is 34.7 Å². The minimum absolute atomic E-state index is 0.243. The van der Waals surface area contributed by atoms with Crippen molar-refractivity contribution in [2.75, 3.05) is 18.5 Å². The molecule has 2 unspecified atom stereocenters. The molecule has 0 aliphatic carbocycles. The van der Waals surface area contributed by atoms with E-state index in [2.05, 4.69) is 10.3 Å². The number of carbonyl (C=O) groups is 4. The van der Waals surface area contributed by atoms with E-state index in [9.17, 15) is 29.1 Å². The number of amides is 3. The lowest BCUT2D eigenvalue weighted by Gasteiger charge is -2.31. The topological polar surface area (TPSA) is 146 Å². The van der Waals surface area contributed by atoms with Crippen LogP contribution in [-0.4, -0.2) is 57.1 Å². The van der Waals surface area contributed by atoms with E-state index in [1.807, 2.05) is 6.07 Å². The van der Waals surface area contributed by atoms with Gasteiger partial charge in [-0.3, -0.25) is 28.9 Å². The van der Waals surface area contributed by atoms with E-state index < -0.39 is 47.3 Å². The number of hydrogen-bond acceptors (Lipinski definition) is 8. The van der Waals surface area contributed by atoms with Crippen molar-refractivity contribution in [1.29, 1.82) is 0 Å². The maximum absolute atomic E-state index is 13.4. The van der Waals surface area contributed by atoms with Gasteiger partial charge in [0, 0.05) is 27.1 Å². The van der Waals surface area contributed by atoms with E-state index in [4.69, 9.17) is 16.3 Å². The third-order valence-corrected chi connectivity index (χ3v) is 8.57. The third-order valence-electron chi connectivity index (χ3n) is 5.93. The SMILES string of the molecule is O=C(O)CN1C(=O)C2Sc3[nH]c(=O)sc3[C@@H](c3cc(Cl)ccc3OCC(=O)Nc3ccccc3)C2C1=O. The number of carboxylic acid groups (broad SMARTS) is 1. The van der Waals surface area contributed by atoms with Crippen molar-refractivity contribution >= 4 is 64.1 Å². The van der Waals surface area contributed by atoms with Gasteiger partial charge in [0.05, 0.1) is 10.9 Å². The van der Waals surface area contributed by atoms with E-state index in [1.165, 1.54) is 0 Å². The second kappa shape index (κ2) is 10.0. The Balaban J connectivity index is 1.51. The summed E-state index contributed by atoms with van der Waals surface area (Å²) in [7, 11) is 0. The molecule has 0 spiro atoms. The van der Waals surface area contributed by atoms with E-state index in [1.54, 1.807) is 42.5 Å². The van der Waals surface area contributed by atoms with Crippen molar-refractivity contribution in [3.05, 3.63) is 73.7 Å². The molecule has 37 heavy (non-hydrogen) atoms. The molecule has 1 saturated heterocycles. The summed E-state index contributed by atoms with van der Waals surface area (Å²) >= 11 is 8.22. The van der Waals surface area contributed by atoms with Gasteiger partial charge in [0.25, 0.3) is 5.91 Å². The second-order valence-electron chi connectivity index (χ2n) is 8.29. The van der Waals surface area contributed by atoms with Gasteiger partial charge in [0.1, 0.15) is 17.5 Å². The molecular weight excluding hydrogens is 542 g/mol. The molecule has 3 aromatic rings. The molecule has 190 valence electrons. The third kappa shape index (κ3) is 4.87. The number of aliphatic carboxylic acids is 1. The number of benzene rings is 2. The normalized spacial score (nSPS) is 20.4. The highest BCUT2D eigenvalue weighted by atomic mass is 35.5. The molecule has 10 nitrogen and oxygen atoms in total. The van der Waals surface area contributed by atoms with Crippen LogP contribution in [0, 0.1) is 5.92 Å². The van der Waals surface area contributed by atoms with Gasteiger partial charge in [0.2, 0.25) is 11.8 Å². The summed E-state index contributed by atoms with van der Waals surface area (Å²) in [5.74, 6) is -4.61. The zero-order chi connectivity index (χ0) is 26.3. The molecular formula is C24H18ClN3O7S2. The number of rotatable bonds is 7. The number of nitrogens with zero attached hydrogens (tertiary/aromatic N) is 1. The van der Waals surface area contributed by atoms with Crippen molar-refractivity contribution in [3.8, 4) is 5.75 Å². The Bertz CT molecular complexity index is 1470. The average Bonchev–Trinajstić information content (AvgIpc) is 3.34. The number of thioether (sulfide) groups is 1. The monoisotopic (exact) mass is 559 g/mol. The number of carboxylic acids is 1. The number of hydrogen-bond donors (Lipinski definition) is 3. The highest BCUT2D eigenvalue weighted by Crippen LogP contribution is 2.54. The van der Waals surface area contributed by atoms with Crippen LogP contribution in [0.2, 0.25) is 5.02 Å². The number of likely N-dealkylation sites (tertiary alicyclic amines) is 1. The van der Waals surface area contributed by atoms with Crippen LogP contribution in [-0.2, 0) is 19.2 Å². The number of aromatic nitrogens is 1. The summed E-state index contributed by atoms with van der Waals surface area (Å²) in [5.41, 5.74) is 1.00. The number of H-pyrrole nitrogens is 1. The lowest BCUT2D eigenvalue weighted by Crippen LogP contribution is -2.36. The van der Waals surface area contributed by atoms with Gasteiger partial charge >= 0.3 is 10.8 Å². The first kappa shape index (κ1) is 25.1. The summed E-state index contributed by atoms with van der Waals surface area (Å²) < 4.78 is 5.84. The van der Waals surface area contributed by atoms with Gasteiger partial charge in [-0.2, -0.15) is 0 Å². The van der Waals surface area contributed by atoms with Crippen LogP contribution in [0.15, 0.2) is 58.4 Å². The highest BCUT2D eigenvalue weighted by Gasteiger charge is 2.56. The fourth-order valence-electron chi connectivity index (χ4n) is 4.46. The van der Waals surface area contributed by atoms with Crippen LogP contribution in [0.25, 0.3) is 0 Å². The zero-order valence-corrected chi connectivity index (χ0v) is 21.2. The first-order valence-corrected chi connectivity index (χ1v) is 13.0. The Labute approximate surface area is 222 Å². The smallest absolute Gasteiger partial charge is 0.323 e. The highest BCUT2D eigenvalue weighted by molar-refractivity contribution is 8.00. The molecule has 5 rings (SSSR count). The fourth-order valence-corrected chi connectivity index (χ4v) is 7.16. The van der Waals surface area contributed by atoms with Crippen molar-refractivity contribution in [2.24, 2.45) is 5.92 Å². The quantitative estimate of drug-likeness (QED) is 0.375.